The highest BCUT2D eigenvalue weighted by molar-refractivity contribution is 5.64. The van der Waals surface area contributed by atoms with E-state index in [2.05, 4.69) is 0 Å². The van der Waals surface area contributed by atoms with Gasteiger partial charge in [0.05, 0.1) is 13.2 Å². The van der Waals surface area contributed by atoms with E-state index in [1.54, 1.807) is 0 Å². The molecule has 1 heterocycles. The Bertz CT molecular complexity index is 210. The summed E-state index contributed by atoms with van der Waals surface area (Å²) in [5.74, 6) is -1.07. The fraction of sp³-hybridized carbons (Fsp3) is 0.900. The number of ether oxygens (including phenoxy) is 2. The van der Waals surface area contributed by atoms with Crippen LogP contribution in [-0.4, -0.2) is 25.0 Å². The zero-order valence-corrected chi connectivity index (χ0v) is 8.16. The Balaban J connectivity index is 1.82. The van der Waals surface area contributed by atoms with Crippen molar-refractivity contribution in [2.24, 2.45) is 5.92 Å². The highest BCUT2D eigenvalue weighted by Crippen LogP contribution is 2.39. The van der Waals surface area contributed by atoms with Crippen LogP contribution >= 0.6 is 0 Å². The lowest BCUT2D eigenvalue weighted by Crippen LogP contribution is -2.36. The van der Waals surface area contributed by atoms with Crippen LogP contribution in [0.25, 0.3) is 0 Å². The predicted molar refractivity (Wildman–Crippen MR) is 46.2 cm³/mol. The molecule has 0 aromatic rings. The Labute approximate surface area is 83.2 Å². The highest BCUT2D eigenvalue weighted by Gasteiger charge is 2.39. The molecule has 80 valence electrons. The van der Waals surface area contributed by atoms with Crippen LogP contribution in [0.1, 0.15) is 32.1 Å². The lowest BCUT2D eigenvalue weighted by Gasteiger charge is -2.35. The lowest BCUT2D eigenvalue weighted by atomic mass is 9.83. The maximum Gasteiger partial charge on any atom is 0.168 e. The molecule has 0 bridgehead atoms. The van der Waals surface area contributed by atoms with Crippen LogP contribution in [0.2, 0.25) is 0 Å². The number of carboxylic acid groups (broad SMARTS) is 1. The van der Waals surface area contributed by atoms with Crippen molar-refractivity contribution in [3.63, 3.8) is 0 Å². The van der Waals surface area contributed by atoms with Crippen LogP contribution < -0.4 is 5.11 Å². The average molecular weight is 199 g/mol. The number of hydrogen-bond donors (Lipinski definition) is 0. The van der Waals surface area contributed by atoms with E-state index >= 15 is 0 Å². The smallest absolute Gasteiger partial charge is 0.168 e. The third kappa shape index (κ3) is 2.07. The van der Waals surface area contributed by atoms with Gasteiger partial charge in [0.2, 0.25) is 0 Å². The molecule has 0 unspecified atom stereocenters. The minimum absolute atomic E-state index is 0.177. The summed E-state index contributed by atoms with van der Waals surface area (Å²) in [7, 11) is 0. The maximum atomic E-state index is 10.4. The predicted octanol–water partition coefficient (Wildman–Crippen LogP) is 0.0597. The van der Waals surface area contributed by atoms with Crippen LogP contribution in [0.4, 0.5) is 0 Å². The molecule has 0 aromatic heterocycles. The molecule has 1 aliphatic heterocycles. The summed E-state index contributed by atoms with van der Waals surface area (Å²) < 4.78 is 11.1. The molecule has 2 rings (SSSR count). The first-order valence-corrected chi connectivity index (χ1v) is 5.18. The summed E-state index contributed by atoms with van der Waals surface area (Å²) in [5.41, 5.74) is 0. The van der Waals surface area contributed by atoms with Crippen LogP contribution in [0, 0.1) is 5.92 Å². The number of rotatable bonds is 2. The first-order chi connectivity index (χ1) is 6.70. The van der Waals surface area contributed by atoms with E-state index in [0.717, 1.165) is 25.7 Å². The molecule has 1 saturated heterocycles. The van der Waals surface area contributed by atoms with Crippen LogP contribution in [0.15, 0.2) is 0 Å². The quantitative estimate of drug-likeness (QED) is 0.631. The minimum atomic E-state index is -0.945. The molecule has 0 aromatic carbocycles. The molecule has 1 aliphatic carbocycles. The van der Waals surface area contributed by atoms with Gasteiger partial charge in [0.15, 0.2) is 5.79 Å². The molecule has 1 spiro atoms. The molecule has 14 heavy (non-hydrogen) atoms. The van der Waals surface area contributed by atoms with Gasteiger partial charge in [0.25, 0.3) is 0 Å². The van der Waals surface area contributed by atoms with Gasteiger partial charge in [0, 0.05) is 18.8 Å². The van der Waals surface area contributed by atoms with E-state index in [9.17, 15) is 9.90 Å². The van der Waals surface area contributed by atoms with Crippen molar-refractivity contribution < 1.29 is 19.4 Å². The van der Waals surface area contributed by atoms with Gasteiger partial charge in [-0.25, -0.2) is 0 Å². The van der Waals surface area contributed by atoms with E-state index in [4.69, 9.17) is 9.47 Å². The summed E-state index contributed by atoms with van der Waals surface area (Å²) >= 11 is 0. The largest absolute Gasteiger partial charge is 0.550 e. The van der Waals surface area contributed by atoms with E-state index in [-0.39, 0.29) is 18.1 Å². The minimum Gasteiger partial charge on any atom is -0.550 e. The summed E-state index contributed by atoms with van der Waals surface area (Å²) in [5, 5.41) is 10.4. The van der Waals surface area contributed by atoms with Crippen molar-refractivity contribution in [1.82, 2.24) is 0 Å². The zero-order chi connectivity index (χ0) is 10.0. The molecule has 0 amide bonds. The number of hydrogen-bond acceptors (Lipinski definition) is 4. The number of aliphatic carboxylic acids is 1. The summed E-state index contributed by atoms with van der Waals surface area (Å²) in [6.07, 6.45) is 3.56. The van der Waals surface area contributed by atoms with Gasteiger partial charge in [-0.2, -0.15) is 0 Å². The first kappa shape index (κ1) is 9.93. The van der Waals surface area contributed by atoms with Crippen LogP contribution in [-0.2, 0) is 14.3 Å². The Kier molecular flexibility index (Phi) is 2.74. The highest BCUT2D eigenvalue weighted by atomic mass is 16.7. The third-order valence-electron chi connectivity index (χ3n) is 3.14. The molecule has 0 N–H and O–H groups in total. The van der Waals surface area contributed by atoms with Crippen LogP contribution in [0.3, 0.4) is 0 Å². The van der Waals surface area contributed by atoms with Crippen molar-refractivity contribution in [2.45, 2.75) is 37.9 Å². The Morgan fingerprint density at radius 2 is 1.86 bits per heavy atom. The van der Waals surface area contributed by atoms with Gasteiger partial charge in [-0.05, 0) is 25.2 Å². The number of carbonyl (C=O) groups excluding carboxylic acids is 1. The fourth-order valence-corrected chi connectivity index (χ4v) is 2.34. The topological polar surface area (TPSA) is 58.6 Å². The Morgan fingerprint density at radius 3 is 2.36 bits per heavy atom. The molecular formula is C10H15O4-. The first-order valence-electron chi connectivity index (χ1n) is 5.18. The van der Waals surface area contributed by atoms with Crippen molar-refractivity contribution in [1.29, 1.82) is 0 Å². The van der Waals surface area contributed by atoms with Crippen molar-refractivity contribution >= 4 is 5.97 Å². The fourth-order valence-electron chi connectivity index (χ4n) is 2.34. The van der Waals surface area contributed by atoms with Crippen LogP contribution in [0.5, 0.6) is 0 Å². The second-order valence-corrected chi connectivity index (χ2v) is 4.13. The second-order valence-electron chi connectivity index (χ2n) is 4.13. The molecule has 4 nitrogen and oxygen atoms in total. The Morgan fingerprint density at radius 1 is 1.29 bits per heavy atom. The molecule has 4 heteroatoms. The van der Waals surface area contributed by atoms with Gasteiger partial charge < -0.3 is 19.4 Å². The van der Waals surface area contributed by atoms with E-state index in [0.29, 0.717) is 13.2 Å². The van der Waals surface area contributed by atoms with Crippen molar-refractivity contribution in [3.8, 4) is 0 Å². The molecular weight excluding hydrogens is 184 g/mol. The monoisotopic (exact) mass is 199 g/mol. The molecule has 0 radical (unpaired) electrons. The molecule has 1 saturated carbocycles. The summed E-state index contributed by atoms with van der Waals surface area (Å²) in [4.78, 5) is 10.4. The lowest BCUT2D eigenvalue weighted by molar-refractivity contribution is -0.307. The molecule has 2 fully saturated rings. The third-order valence-corrected chi connectivity index (χ3v) is 3.14. The maximum absolute atomic E-state index is 10.4. The standard InChI is InChI=1S/C10H16O4/c11-9(12)7-8-1-3-10(4-2-8)13-5-6-14-10/h8H,1-7H2,(H,11,12)/p-1. The van der Waals surface area contributed by atoms with Gasteiger partial charge in [-0.3, -0.25) is 0 Å². The molecule has 0 atom stereocenters. The average Bonchev–Trinajstić information content (AvgIpc) is 2.58. The van der Waals surface area contributed by atoms with E-state index in [1.165, 1.54) is 0 Å². The van der Waals surface area contributed by atoms with Crippen molar-refractivity contribution in [2.75, 3.05) is 13.2 Å². The van der Waals surface area contributed by atoms with Gasteiger partial charge in [-0.1, -0.05) is 0 Å². The number of carboxylic acids is 1. The van der Waals surface area contributed by atoms with Gasteiger partial charge in [-0.15, -0.1) is 0 Å². The van der Waals surface area contributed by atoms with E-state index < -0.39 is 5.97 Å². The molecule has 2 aliphatic rings. The number of carbonyl (C=O) groups is 1. The SMILES string of the molecule is O=C([O-])CC1CCC2(CC1)OCCO2. The normalized spacial score (nSPS) is 26.9. The Hall–Kier alpha value is -0.610. The summed E-state index contributed by atoms with van der Waals surface area (Å²) in [6.45, 7) is 1.34. The van der Waals surface area contributed by atoms with Gasteiger partial charge in [0.1, 0.15) is 0 Å². The van der Waals surface area contributed by atoms with E-state index in [1.807, 2.05) is 0 Å². The second kappa shape index (κ2) is 3.87. The summed E-state index contributed by atoms with van der Waals surface area (Å²) in [6, 6.07) is 0. The van der Waals surface area contributed by atoms with Gasteiger partial charge >= 0.3 is 0 Å². The van der Waals surface area contributed by atoms with Crippen molar-refractivity contribution in [3.05, 3.63) is 0 Å². The zero-order valence-electron chi connectivity index (χ0n) is 8.16.